The van der Waals surface area contributed by atoms with Crippen molar-refractivity contribution in [3.63, 3.8) is 0 Å². The van der Waals surface area contributed by atoms with Crippen molar-refractivity contribution in [3.8, 4) is 0 Å². The predicted octanol–water partition coefficient (Wildman–Crippen LogP) is -0.116. The molecule has 92 valence electrons. The third kappa shape index (κ3) is 24.6. The van der Waals surface area contributed by atoms with Gasteiger partial charge in [-0.2, -0.15) is 8.42 Å². The minimum Gasteiger partial charge on any atom is -0.480 e. The van der Waals surface area contributed by atoms with Gasteiger partial charge < -0.3 is 10.8 Å². The van der Waals surface area contributed by atoms with Crippen LogP contribution in [-0.2, 0) is 15.2 Å². The molecule has 0 aliphatic heterocycles. The highest BCUT2D eigenvalue weighted by Gasteiger charge is 2.23. The van der Waals surface area contributed by atoms with E-state index in [9.17, 15) is 9.18 Å². The van der Waals surface area contributed by atoms with E-state index in [-0.39, 0.29) is 6.42 Å². The molecule has 0 bridgehead atoms. The van der Waals surface area contributed by atoms with Gasteiger partial charge >= 0.3 is 16.4 Å². The first kappa shape index (κ1) is 16.7. The highest BCUT2D eigenvalue weighted by Crippen LogP contribution is 2.14. The van der Waals surface area contributed by atoms with Gasteiger partial charge in [0, 0.05) is 6.42 Å². The topological polar surface area (TPSA) is 138 Å². The molecule has 0 aliphatic carbocycles. The van der Waals surface area contributed by atoms with Gasteiger partial charge in [-0.05, 0) is 13.8 Å². The maximum atomic E-state index is 12.7. The van der Waals surface area contributed by atoms with Crippen LogP contribution in [0.5, 0.6) is 0 Å². The molecule has 15 heavy (non-hydrogen) atoms. The SMILES string of the molecule is CC(C)(F)CC(N)C(=O)O.O=S(=O)(O)O. The zero-order chi connectivity index (χ0) is 12.9. The number of carboxylic acids is 1. The van der Waals surface area contributed by atoms with Crippen molar-refractivity contribution in [2.45, 2.75) is 32.0 Å². The van der Waals surface area contributed by atoms with Gasteiger partial charge in [0.1, 0.15) is 11.7 Å². The Labute approximate surface area is 86.7 Å². The summed E-state index contributed by atoms with van der Waals surface area (Å²) in [6.07, 6.45) is -0.150. The average Bonchev–Trinajstić information content (AvgIpc) is 1.78. The number of rotatable bonds is 3. The van der Waals surface area contributed by atoms with E-state index in [1.807, 2.05) is 0 Å². The Balaban J connectivity index is 0. The summed E-state index contributed by atoms with van der Waals surface area (Å²) in [5.74, 6) is -1.16. The Morgan fingerprint density at radius 2 is 1.73 bits per heavy atom. The van der Waals surface area contributed by atoms with Crippen molar-refractivity contribution < 1.29 is 31.8 Å². The second-order valence-corrected chi connectivity index (χ2v) is 4.21. The standard InChI is InChI=1S/C6H12FNO2.H2O4S/c1-6(2,7)3-4(8)5(9)10;1-5(2,3)4/h4H,3,8H2,1-2H3,(H,9,10);(H2,1,2,3,4). The van der Waals surface area contributed by atoms with Gasteiger partial charge in [-0.3, -0.25) is 13.9 Å². The van der Waals surface area contributed by atoms with Crippen molar-refractivity contribution >= 4 is 16.4 Å². The van der Waals surface area contributed by atoms with E-state index in [1.54, 1.807) is 0 Å². The van der Waals surface area contributed by atoms with Gasteiger partial charge in [-0.1, -0.05) is 0 Å². The van der Waals surface area contributed by atoms with Gasteiger partial charge in [-0.15, -0.1) is 0 Å². The fraction of sp³-hybridized carbons (Fsp3) is 0.833. The van der Waals surface area contributed by atoms with E-state index in [2.05, 4.69) is 0 Å². The Bertz CT molecular complexity index is 287. The van der Waals surface area contributed by atoms with Crippen LogP contribution in [0.4, 0.5) is 4.39 Å². The largest absolute Gasteiger partial charge is 0.480 e. The van der Waals surface area contributed by atoms with Gasteiger partial charge in [0.15, 0.2) is 0 Å². The number of hydrogen-bond acceptors (Lipinski definition) is 4. The molecule has 0 rings (SSSR count). The second-order valence-electron chi connectivity index (χ2n) is 3.32. The smallest absolute Gasteiger partial charge is 0.394 e. The number of carboxylic acid groups (broad SMARTS) is 1. The second kappa shape index (κ2) is 5.95. The van der Waals surface area contributed by atoms with Crippen LogP contribution in [0.25, 0.3) is 0 Å². The number of aliphatic carboxylic acids is 1. The zero-order valence-electron chi connectivity index (χ0n) is 8.21. The molecule has 0 saturated carbocycles. The van der Waals surface area contributed by atoms with Crippen LogP contribution in [0.1, 0.15) is 20.3 Å². The Hall–Kier alpha value is -0.770. The van der Waals surface area contributed by atoms with E-state index < -0.39 is 28.1 Å². The minimum atomic E-state index is -4.67. The Kier molecular flexibility index (Phi) is 6.61. The zero-order valence-corrected chi connectivity index (χ0v) is 9.03. The van der Waals surface area contributed by atoms with Gasteiger partial charge in [0.25, 0.3) is 0 Å². The molecule has 0 heterocycles. The fourth-order valence-corrected chi connectivity index (χ4v) is 0.610. The highest BCUT2D eigenvalue weighted by atomic mass is 32.3. The predicted molar refractivity (Wildman–Crippen MR) is 49.6 cm³/mol. The minimum absolute atomic E-state index is 0.150. The number of hydrogen-bond donors (Lipinski definition) is 4. The maximum absolute atomic E-state index is 12.7. The van der Waals surface area contributed by atoms with E-state index >= 15 is 0 Å². The molecule has 1 atom stereocenters. The first-order valence-electron chi connectivity index (χ1n) is 3.70. The van der Waals surface area contributed by atoms with Crippen LogP contribution in [0.2, 0.25) is 0 Å². The van der Waals surface area contributed by atoms with Crippen LogP contribution < -0.4 is 5.73 Å². The van der Waals surface area contributed by atoms with Crippen molar-refractivity contribution in [1.29, 1.82) is 0 Å². The normalized spacial score (nSPS) is 13.7. The summed E-state index contributed by atoms with van der Waals surface area (Å²) < 4.78 is 44.2. The molecule has 0 aromatic rings. The quantitative estimate of drug-likeness (QED) is 0.510. The number of halogens is 1. The molecule has 7 nitrogen and oxygen atoms in total. The lowest BCUT2D eigenvalue weighted by Crippen LogP contribution is -2.35. The molecule has 0 fully saturated rings. The Morgan fingerprint density at radius 1 is 1.47 bits per heavy atom. The van der Waals surface area contributed by atoms with Gasteiger partial charge in [-0.25, -0.2) is 4.39 Å². The van der Waals surface area contributed by atoms with Gasteiger partial charge in [0.2, 0.25) is 0 Å². The number of carbonyl (C=O) groups is 1. The molecule has 0 amide bonds. The Morgan fingerprint density at radius 3 is 1.80 bits per heavy atom. The molecule has 0 saturated heterocycles. The summed E-state index contributed by atoms with van der Waals surface area (Å²) in [5.41, 5.74) is 3.56. The molecule has 5 N–H and O–H groups in total. The number of nitrogens with two attached hydrogens (primary N) is 1. The summed E-state index contributed by atoms with van der Waals surface area (Å²) in [6.45, 7) is 2.60. The molecule has 0 aromatic carbocycles. The van der Waals surface area contributed by atoms with Crippen molar-refractivity contribution in [3.05, 3.63) is 0 Å². The average molecular weight is 247 g/mol. The fourth-order valence-electron chi connectivity index (χ4n) is 0.610. The van der Waals surface area contributed by atoms with Crippen LogP contribution in [0.15, 0.2) is 0 Å². The van der Waals surface area contributed by atoms with E-state index in [0.717, 1.165) is 0 Å². The molecule has 0 spiro atoms. The van der Waals surface area contributed by atoms with Crippen LogP contribution >= 0.6 is 0 Å². The summed E-state index contributed by atoms with van der Waals surface area (Å²) in [5, 5.41) is 8.25. The van der Waals surface area contributed by atoms with Crippen molar-refractivity contribution in [2.24, 2.45) is 5.73 Å². The first-order chi connectivity index (χ1) is 6.33. The summed E-state index contributed by atoms with van der Waals surface area (Å²) >= 11 is 0. The van der Waals surface area contributed by atoms with Gasteiger partial charge in [0.05, 0.1) is 0 Å². The molecule has 0 radical (unpaired) electrons. The third-order valence-electron chi connectivity index (χ3n) is 1.02. The van der Waals surface area contributed by atoms with Crippen molar-refractivity contribution in [2.75, 3.05) is 0 Å². The molecule has 0 aliphatic rings. The molecular formula is C6H14FNO6S. The third-order valence-corrected chi connectivity index (χ3v) is 1.02. The van der Waals surface area contributed by atoms with E-state index in [4.69, 9.17) is 28.4 Å². The van der Waals surface area contributed by atoms with E-state index in [1.165, 1.54) is 13.8 Å². The summed E-state index contributed by atoms with van der Waals surface area (Å²) in [7, 11) is -4.67. The number of alkyl halides is 1. The van der Waals surface area contributed by atoms with Crippen LogP contribution in [0, 0.1) is 0 Å². The highest BCUT2D eigenvalue weighted by molar-refractivity contribution is 7.79. The molecular weight excluding hydrogens is 233 g/mol. The van der Waals surface area contributed by atoms with Crippen LogP contribution in [0.3, 0.4) is 0 Å². The first-order valence-corrected chi connectivity index (χ1v) is 5.10. The lowest BCUT2D eigenvalue weighted by atomic mass is 10.0. The molecule has 9 heteroatoms. The monoisotopic (exact) mass is 247 g/mol. The lowest BCUT2D eigenvalue weighted by Gasteiger charge is -2.15. The molecule has 1 unspecified atom stereocenters. The maximum Gasteiger partial charge on any atom is 0.394 e. The molecule has 0 aromatic heterocycles. The van der Waals surface area contributed by atoms with Crippen molar-refractivity contribution in [1.82, 2.24) is 0 Å². The van der Waals surface area contributed by atoms with Crippen LogP contribution in [-0.4, -0.2) is 40.3 Å². The van der Waals surface area contributed by atoms with E-state index in [0.29, 0.717) is 0 Å². The summed E-state index contributed by atoms with van der Waals surface area (Å²) in [4.78, 5) is 10.1. The summed E-state index contributed by atoms with van der Waals surface area (Å²) in [6, 6.07) is -1.10. The lowest BCUT2D eigenvalue weighted by molar-refractivity contribution is -0.139.